The monoisotopic (exact) mass is 542 g/mol. The largest absolute Gasteiger partial charge is 0.493 e. The number of ether oxygens (including phenoxy) is 2. The van der Waals surface area contributed by atoms with Crippen LogP contribution < -0.4 is 15.0 Å². The van der Waals surface area contributed by atoms with Gasteiger partial charge in [-0.1, -0.05) is 53.8 Å². The number of nitriles is 1. The Morgan fingerprint density at radius 2 is 1.80 bits per heavy atom. The molecule has 0 radical (unpaired) electrons. The number of fused-ring (bicyclic) bond motifs is 3. The van der Waals surface area contributed by atoms with Gasteiger partial charge in [-0.15, -0.1) is 0 Å². The number of para-hydroxylation sites is 2. The molecule has 0 saturated carbocycles. The van der Waals surface area contributed by atoms with E-state index in [-0.39, 0.29) is 12.2 Å². The van der Waals surface area contributed by atoms with Gasteiger partial charge in [-0.05, 0) is 60.2 Å². The molecule has 3 heterocycles. The fraction of sp³-hybridized carbons (Fsp3) is 0.0625. The van der Waals surface area contributed by atoms with Crippen LogP contribution in [0.2, 0.25) is 0 Å². The van der Waals surface area contributed by atoms with E-state index in [4.69, 9.17) is 14.5 Å². The molecule has 0 spiro atoms. The SMILES string of the molecule is COc1cccc(/C=C/c2nc3sc4ccccc4n3c(=O)c2-c2ccc(C#N)cc2)c1OCc1ccccn1. The molecule has 0 aliphatic rings. The Morgan fingerprint density at radius 3 is 2.58 bits per heavy atom. The van der Waals surface area contributed by atoms with Crippen LogP contribution in [0.25, 0.3) is 38.5 Å². The lowest BCUT2D eigenvalue weighted by Crippen LogP contribution is -2.17. The van der Waals surface area contributed by atoms with Gasteiger partial charge >= 0.3 is 0 Å². The van der Waals surface area contributed by atoms with E-state index in [2.05, 4.69) is 11.1 Å². The third-order valence-corrected chi connectivity index (χ3v) is 7.45. The van der Waals surface area contributed by atoms with E-state index >= 15 is 0 Å². The van der Waals surface area contributed by atoms with Crippen molar-refractivity contribution in [3.63, 3.8) is 0 Å². The zero-order valence-electron chi connectivity index (χ0n) is 21.4. The van der Waals surface area contributed by atoms with E-state index in [0.29, 0.717) is 38.8 Å². The number of methoxy groups -OCH3 is 1. The molecule has 3 aromatic heterocycles. The van der Waals surface area contributed by atoms with Crippen LogP contribution in [0.5, 0.6) is 11.5 Å². The third-order valence-electron chi connectivity index (χ3n) is 6.43. The normalized spacial score (nSPS) is 11.2. The second kappa shape index (κ2) is 10.8. The van der Waals surface area contributed by atoms with Crippen LogP contribution in [0.15, 0.2) is 95.9 Å². The number of hydrogen-bond acceptors (Lipinski definition) is 7. The molecule has 6 rings (SSSR count). The quantitative estimate of drug-likeness (QED) is 0.226. The van der Waals surface area contributed by atoms with Crippen molar-refractivity contribution in [2.75, 3.05) is 7.11 Å². The van der Waals surface area contributed by atoms with Crippen LogP contribution in [0, 0.1) is 11.3 Å². The summed E-state index contributed by atoms with van der Waals surface area (Å²) in [5.74, 6) is 1.14. The molecule has 8 heteroatoms. The highest BCUT2D eigenvalue weighted by atomic mass is 32.1. The maximum atomic E-state index is 14.0. The molecule has 194 valence electrons. The number of nitrogens with zero attached hydrogens (tertiary/aromatic N) is 4. The van der Waals surface area contributed by atoms with Crippen molar-refractivity contribution in [1.82, 2.24) is 14.4 Å². The van der Waals surface area contributed by atoms with E-state index in [0.717, 1.165) is 21.5 Å². The van der Waals surface area contributed by atoms with E-state index in [1.807, 2.05) is 72.8 Å². The van der Waals surface area contributed by atoms with Crippen LogP contribution in [0.1, 0.15) is 22.5 Å². The number of rotatable bonds is 7. The summed E-state index contributed by atoms with van der Waals surface area (Å²) in [6.07, 6.45) is 5.41. The molecule has 0 amide bonds. The number of thiazole rings is 1. The van der Waals surface area contributed by atoms with Gasteiger partial charge in [0.05, 0.1) is 45.9 Å². The predicted octanol–water partition coefficient (Wildman–Crippen LogP) is 6.60. The van der Waals surface area contributed by atoms with Crippen LogP contribution in [-0.2, 0) is 6.61 Å². The molecular formula is C32H22N4O3S. The van der Waals surface area contributed by atoms with E-state index in [1.165, 1.54) is 11.3 Å². The molecule has 0 fully saturated rings. The van der Waals surface area contributed by atoms with E-state index in [9.17, 15) is 10.1 Å². The first-order chi connectivity index (χ1) is 19.7. The Kier molecular flexibility index (Phi) is 6.79. The molecule has 3 aromatic carbocycles. The summed E-state index contributed by atoms with van der Waals surface area (Å²) < 4.78 is 14.4. The van der Waals surface area contributed by atoms with E-state index < -0.39 is 0 Å². The van der Waals surface area contributed by atoms with Crippen molar-refractivity contribution < 1.29 is 9.47 Å². The van der Waals surface area contributed by atoms with Crippen molar-refractivity contribution in [2.45, 2.75) is 6.61 Å². The lowest BCUT2D eigenvalue weighted by atomic mass is 10.0. The first-order valence-electron chi connectivity index (χ1n) is 12.5. The van der Waals surface area contributed by atoms with Gasteiger partial charge in [0.25, 0.3) is 5.56 Å². The van der Waals surface area contributed by atoms with Crippen LogP contribution in [-0.4, -0.2) is 21.5 Å². The average molecular weight is 543 g/mol. The highest BCUT2D eigenvalue weighted by Crippen LogP contribution is 2.34. The number of hydrogen-bond donors (Lipinski definition) is 0. The van der Waals surface area contributed by atoms with Gasteiger partial charge in [0.2, 0.25) is 0 Å². The molecule has 0 bridgehead atoms. The summed E-state index contributed by atoms with van der Waals surface area (Å²) in [6.45, 7) is 0.270. The third kappa shape index (κ3) is 4.70. The minimum atomic E-state index is -0.177. The van der Waals surface area contributed by atoms with Gasteiger partial charge in [0.15, 0.2) is 16.5 Å². The summed E-state index contributed by atoms with van der Waals surface area (Å²) in [6, 6.07) is 28.1. The molecule has 0 aliphatic heterocycles. The molecule has 0 saturated heterocycles. The summed E-state index contributed by atoms with van der Waals surface area (Å²) in [5, 5.41) is 9.27. The van der Waals surface area contributed by atoms with Gasteiger partial charge in [0.1, 0.15) is 6.61 Å². The van der Waals surface area contributed by atoms with Crippen LogP contribution >= 0.6 is 11.3 Å². The molecule has 6 aromatic rings. The zero-order chi connectivity index (χ0) is 27.5. The molecule has 0 N–H and O–H groups in total. The van der Waals surface area contributed by atoms with Gasteiger partial charge in [-0.2, -0.15) is 5.26 Å². The summed E-state index contributed by atoms with van der Waals surface area (Å²) >= 11 is 1.46. The zero-order valence-corrected chi connectivity index (χ0v) is 22.3. The van der Waals surface area contributed by atoms with Crippen molar-refractivity contribution in [3.8, 4) is 28.7 Å². The predicted molar refractivity (Wildman–Crippen MR) is 157 cm³/mol. The second-order valence-corrected chi connectivity index (χ2v) is 9.88. The first kappa shape index (κ1) is 25.0. The maximum absolute atomic E-state index is 14.0. The minimum Gasteiger partial charge on any atom is -0.493 e. The smallest absolute Gasteiger partial charge is 0.267 e. The van der Waals surface area contributed by atoms with Crippen molar-refractivity contribution in [3.05, 3.63) is 124 Å². The standard InChI is InChI=1S/C32H22N4O3S/c1-38-27-10-6-7-23(30(27)39-20-24-8-4-5-18-34-24)16-17-25-29(22-14-12-21(19-33)13-15-22)31(37)36-26-9-2-3-11-28(26)40-32(36)35-25/h2-18H,20H2,1H3/b17-16+. The Bertz CT molecular complexity index is 1970. The van der Waals surface area contributed by atoms with Crippen molar-refractivity contribution >= 4 is 38.7 Å². The molecule has 40 heavy (non-hydrogen) atoms. The van der Waals surface area contributed by atoms with Crippen LogP contribution in [0.4, 0.5) is 0 Å². The van der Waals surface area contributed by atoms with Crippen LogP contribution in [0.3, 0.4) is 0 Å². The maximum Gasteiger partial charge on any atom is 0.267 e. The Morgan fingerprint density at radius 1 is 0.975 bits per heavy atom. The number of pyridine rings is 1. The molecular weight excluding hydrogens is 520 g/mol. The highest BCUT2D eigenvalue weighted by Gasteiger charge is 2.17. The second-order valence-electron chi connectivity index (χ2n) is 8.88. The Hall–Kier alpha value is -5.26. The Balaban J connectivity index is 1.49. The minimum absolute atomic E-state index is 0.177. The van der Waals surface area contributed by atoms with Crippen molar-refractivity contribution in [2.24, 2.45) is 0 Å². The van der Waals surface area contributed by atoms with Gasteiger partial charge in [-0.3, -0.25) is 14.2 Å². The van der Waals surface area contributed by atoms with E-state index in [1.54, 1.807) is 42.0 Å². The van der Waals surface area contributed by atoms with Gasteiger partial charge in [-0.25, -0.2) is 4.98 Å². The molecule has 0 unspecified atom stereocenters. The van der Waals surface area contributed by atoms with Gasteiger partial charge in [0, 0.05) is 11.8 Å². The molecule has 0 aliphatic carbocycles. The molecule has 0 atom stereocenters. The highest BCUT2D eigenvalue weighted by molar-refractivity contribution is 7.23. The lowest BCUT2D eigenvalue weighted by molar-refractivity contribution is 0.280. The average Bonchev–Trinajstić information content (AvgIpc) is 3.38. The topological polar surface area (TPSA) is 89.5 Å². The summed E-state index contributed by atoms with van der Waals surface area (Å²) in [5.41, 5.74) is 4.34. The Labute approximate surface area is 233 Å². The lowest BCUT2D eigenvalue weighted by Gasteiger charge is -2.13. The summed E-state index contributed by atoms with van der Waals surface area (Å²) in [4.78, 5) is 23.9. The fourth-order valence-electron chi connectivity index (χ4n) is 4.51. The van der Waals surface area contributed by atoms with Gasteiger partial charge < -0.3 is 9.47 Å². The number of aromatic nitrogens is 3. The molecule has 7 nitrogen and oxygen atoms in total. The fourth-order valence-corrected chi connectivity index (χ4v) is 5.53. The summed E-state index contributed by atoms with van der Waals surface area (Å²) in [7, 11) is 1.59. The first-order valence-corrected chi connectivity index (χ1v) is 13.3. The van der Waals surface area contributed by atoms with Crippen molar-refractivity contribution in [1.29, 1.82) is 5.26 Å². The number of benzene rings is 3.